The smallest absolute Gasteiger partial charge is 0.253 e. The van der Waals surface area contributed by atoms with Gasteiger partial charge in [-0.2, -0.15) is 0 Å². The summed E-state index contributed by atoms with van der Waals surface area (Å²) >= 11 is 0. The monoisotopic (exact) mass is 336 g/mol. The molecule has 1 aromatic rings. The second kappa shape index (κ2) is 8.70. The Morgan fingerprint density at radius 3 is 2.22 bits per heavy atom. The summed E-state index contributed by atoms with van der Waals surface area (Å²) in [4.78, 5) is 14.6. The molecule has 2 aliphatic rings. The number of piperidine rings is 1. The van der Waals surface area contributed by atoms with E-state index in [-0.39, 0.29) is 18.3 Å². The standard InChI is InChI=1S/C19H28N2O.ClH/c1-21(18-11-13-20-14-12-18)19(22)17-9-7-16(8-10-17)15-5-3-2-4-6-15;/h7-10,15,18,20H,2-6,11-14H2,1H3;1H. The third-order valence-corrected chi connectivity index (χ3v) is 5.41. The van der Waals surface area contributed by atoms with Crippen LogP contribution in [0.4, 0.5) is 0 Å². The van der Waals surface area contributed by atoms with Gasteiger partial charge in [0.05, 0.1) is 0 Å². The highest BCUT2D eigenvalue weighted by Gasteiger charge is 2.23. The van der Waals surface area contributed by atoms with E-state index >= 15 is 0 Å². The van der Waals surface area contributed by atoms with Crippen LogP contribution in [0.25, 0.3) is 0 Å². The van der Waals surface area contributed by atoms with Crippen molar-refractivity contribution in [3.63, 3.8) is 0 Å². The van der Waals surface area contributed by atoms with E-state index in [1.807, 2.05) is 24.1 Å². The molecular weight excluding hydrogens is 308 g/mol. The van der Waals surface area contributed by atoms with Crippen LogP contribution >= 0.6 is 12.4 Å². The zero-order valence-corrected chi connectivity index (χ0v) is 14.9. The van der Waals surface area contributed by atoms with Gasteiger partial charge in [-0.3, -0.25) is 4.79 Å². The predicted octanol–water partition coefficient (Wildman–Crippen LogP) is 3.98. The molecule has 0 bridgehead atoms. The molecule has 1 aliphatic heterocycles. The second-order valence-corrected chi connectivity index (χ2v) is 6.85. The lowest BCUT2D eigenvalue weighted by molar-refractivity contribution is 0.0703. The van der Waals surface area contributed by atoms with Gasteiger partial charge in [0, 0.05) is 18.7 Å². The van der Waals surface area contributed by atoms with E-state index in [0.29, 0.717) is 12.0 Å². The lowest BCUT2D eigenvalue weighted by atomic mass is 9.84. The fourth-order valence-electron chi connectivity index (χ4n) is 3.90. The molecule has 23 heavy (non-hydrogen) atoms. The van der Waals surface area contributed by atoms with Crippen LogP contribution in [0.2, 0.25) is 0 Å². The molecule has 0 aromatic heterocycles. The molecule has 3 rings (SSSR count). The van der Waals surface area contributed by atoms with Crippen LogP contribution in [0.3, 0.4) is 0 Å². The van der Waals surface area contributed by atoms with Gasteiger partial charge < -0.3 is 10.2 Å². The maximum Gasteiger partial charge on any atom is 0.253 e. The van der Waals surface area contributed by atoms with Crippen LogP contribution in [0.5, 0.6) is 0 Å². The zero-order chi connectivity index (χ0) is 15.4. The van der Waals surface area contributed by atoms with E-state index in [2.05, 4.69) is 17.4 Å². The van der Waals surface area contributed by atoms with Crippen molar-refractivity contribution in [2.24, 2.45) is 0 Å². The molecule has 0 atom stereocenters. The lowest BCUT2D eigenvalue weighted by Gasteiger charge is -2.31. The molecule has 1 N–H and O–H groups in total. The molecule has 1 amide bonds. The summed E-state index contributed by atoms with van der Waals surface area (Å²) in [5.74, 6) is 0.877. The number of carbonyl (C=O) groups is 1. The van der Waals surface area contributed by atoms with Gasteiger partial charge in [0.1, 0.15) is 0 Å². The summed E-state index contributed by atoms with van der Waals surface area (Å²) in [5.41, 5.74) is 2.25. The minimum absolute atomic E-state index is 0. The van der Waals surface area contributed by atoms with E-state index in [4.69, 9.17) is 0 Å². The molecule has 1 saturated carbocycles. The average Bonchev–Trinajstić information content (AvgIpc) is 2.62. The first-order valence-corrected chi connectivity index (χ1v) is 8.83. The van der Waals surface area contributed by atoms with E-state index in [1.54, 1.807) is 0 Å². The number of rotatable bonds is 3. The van der Waals surface area contributed by atoms with Gasteiger partial charge in [-0.25, -0.2) is 0 Å². The predicted molar refractivity (Wildman–Crippen MR) is 97.5 cm³/mol. The fraction of sp³-hybridized carbons (Fsp3) is 0.632. The Balaban J connectivity index is 0.00000192. The molecule has 0 unspecified atom stereocenters. The van der Waals surface area contributed by atoms with Crippen LogP contribution in [0.15, 0.2) is 24.3 Å². The van der Waals surface area contributed by atoms with Crippen molar-refractivity contribution in [2.75, 3.05) is 20.1 Å². The maximum atomic E-state index is 12.6. The molecule has 1 aliphatic carbocycles. The first kappa shape index (κ1) is 18.3. The van der Waals surface area contributed by atoms with Gasteiger partial charge in [0.2, 0.25) is 0 Å². The first-order chi connectivity index (χ1) is 10.8. The Kier molecular flexibility index (Phi) is 6.91. The van der Waals surface area contributed by atoms with Crippen LogP contribution in [-0.2, 0) is 0 Å². The van der Waals surface area contributed by atoms with Gasteiger partial charge >= 0.3 is 0 Å². The summed E-state index contributed by atoms with van der Waals surface area (Å²) in [6, 6.07) is 8.80. The third-order valence-electron chi connectivity index (χ3n) is 5.41. The number of hydrogen-bond donors (Lipinski definition) is 1. The number of nitrogens with zero attached hydrogens (tertiary/aromatic N) is 1. The molecule has 128 valence electrons. The molecule has 0 radical (unpaired) electrons. The minimum atomic E-state index is 0. The largest absolute Gasteiger partial charge is 0.339 e. The summed E-state index contributed by atoms with van der Waals surface area (Å²) < 4.78 is 0. The maximum absolute atomic E-state index is 12.6. The Morgan fingerprint density at radius 2 is 1.61 bits per heavy atom. The van der Waals surface area contributed by atoms with Crippen LogP contribution in [0, 0.1) is 0 Å². The van der Waals surface area contributed by atoms with Crippen molar-refractivity contribution in [1.29, 1.82) is 0 Å². The van der Waals surface area contributed by atoms with Gasteiger partial charge in [0.15, 0.2) is 0 Å². The normalized spacial score (nSPS) is 19.9. The molecule has 2 fully saturated rings. The first-order valence-electron chi connectivity index (χ1n) is 8.83. The molecule has 0 spiro atoms. The summed E-state index contributed by atoms with van der Waals surface area (Å²) in [7, 11) is 1.95. The summed E-state index contributed by atoms with van der Waals surface area (Å²) in [6.07, 6.45) is 8.82. The van der Waals surface area contributed by atoms with Crippen molar-refractivity contribution in [1.82, 2.24) is 10.2 Å². The topological polar surface area (TPSA) is 32.3 Å². The highest BCUT2D eigenvalue weighted by atomic mass is 35.5. The van der Waals surface area contributed by atoms with Crippen molar-refractivity contribution in [3.05, 3.63) is 35.4 Å². The van der Waals surface area contributed by atoms with Gasteiger partial charge in [0.25, 0.3) is 5.91 Å². The number of halogens is 1. The average molecular weight is 337 g/mol. The van der Waals surface area contributed by atoms with Crippen LogP contribution in [-0.4, -0.2) is 37.0 Å². The molecule has 3 nitrogen and oxygen atoms in total. The summed E-state index contributed by atoms with van der Waals surface area (Å²) in [5, 5.41) is 3.35. The van der Waals surface area contributed by atoms with Crippen molar-refractivity contribution in [3.8, 4) is 0 Å². The number of carbonyl (C=O) groups excluding carboxylic acids is 1. The Morgan fingerprint density at radius 1 is 1.00 bits per heavy atom. The SMILES string of the molecule is CN(C(=O)c1ccc(C2CCCCC2)cc1)C1CCNCC1.Cl. The molecule has 1 aromatic carbocycles. The Bertz CT molecular complexity index is 491. The minimum Gasteiger partial charge on any atom is -0.339 e. The molecule has 4 heteroatoms. The number of benzene rings is 1. The Hall–Kier alpha value is -1.06. The second-order valence-electron chi connectivity index (χ2n) is 6.85. The summed E-state index contributed by atoms with van der Waals surface area (Å²) in [6.45, 7) is 2.03. The quantitative estimate of drug-likeness (QED) is 0.905. The number of hydrogen-bond acceptors (Lipinski definition) is 2. The third kappa shape index (κ3) is 4.48. The molecule has 1 saturated heterocycles. The van der Waals surface area contributed by atoms with Crippen molar-refractivity contribution in [2.45, 2.75) is 56.9 Å². The highest BCUT2D eigenvalue weighted by molar-refractivity contribution is 5.94. The number of nitrogens with one attached hydrogen (secondary N) is 1. The van der Waals surface area contributed by atoms with Crippen molar-refractivity contribution < 1.29 is 4.79 Å². The fourth-order valence-corrected chi connectivity index (χ4v) is 3.90. The van der Waals surface area contributed by atoms with E-state index < -0.39 is 0 Å². The van der Waals surface area contributed by atoms with Gasteiger partial charge in [-0.1, -0.05) is 31.4 Å². The van der Waals surface area contributed by atoms with E-state index in [9.17, 15) is 4.79 Å². The van der Waals surface area contributed by atoms with Crippen LogP contribution in [0.1, 0.15) is 66.8 Å². The van der Waals surface area contributed by atoms with Gasteiger partial charge in [-0.15, -0.1) is 12.4 Å². The van der Waals surface area contributed by atoms with Crippen LogP contribution < -0.4 is 5.32 Å². The zero-order valence-electron chi connectivity index (χ0n) is 14.1. The lowest BCUT2D eigenvalue weighted by Crippen LogP contribution is -2.43. The molecular formula is C19H29ClN2O. The number of amides is 1. The molecule has 1 heterocycles. The van der Waals surface area contributed by atoms with E-state index in [0.717, 1.165) is 31.5 Å². The van der Waals surface area contributed by atoms with Gasteiger partial charge in [-0.05, 0) is 62.4 Å². The highest BCUT2D eigenvalue weighted by Crippen LogP contribution is 2.32. The Labute approximate surface area is 146 Å². The van der Waals surface area contributed by atoms with Crippen molar-refractivity contribution >= 4 is 18.3 Å². The van der Waals surface area contributed by atoms with E-state index in [1.165, 1.54) is 37.7 Å².